The molecule has 0 saturated carbocycles. The Morgan fingerprint density at radius 3 is 2.88 bits per heavy atom. The summed E-state index contributed by atoms with van der Waals surface area (Å²) >= 11 is 1.33. The van der Waals surface area contributed by atoms with Gasteiger partial charge in [0, 0.05) is 4.88 Å². The van der Waals surface area contributed by atoms with Crippen molar-refractivity contribution in [3.05, 3.63) is 50.6 Å². The standard InChI is InChI=1S/C16H13N5O2S/c1-9-10(2)24-15(12(9)7-17)18-14(22)8-21-16(23)11-5-3-4-6-13(11)19-20-21/h3-6H,8H2,1-2H3,(H,18,22). The smallest absolute Gasteiger partial charge is 0.278 e. The van der Waals surface area contributed by atoms with E-state index in [1.165, 1.54) is 11.3 Å². The van der Waals surface area contributed by atoms with E-state index < -0.39 is 5.91 Å². The van der Waals surface area contributed by atoms with Gasteiger partial charge in [0.1, 0.15) is 23.1 Å². The quantitative estimate of drug-likeness (QED) is 0.786. The third kappa shape index (κ3) is 2.77. The van der Waals surface area contributed by atoms with Gasteiger partial charge in [-0.25, -0.2) is 4.68 Å². The van der Waals surface area contributed by atoms with Gasteiger partial charge in [-0.1, -0.05) is 17.3 Å². The van der Waals surface area contributed by atoms with E-state index in [2.05, 4.69) is 21.7 Å². The predicted octanol–water partition coefficient (Wildman–Crippen LogP) is 1.98. The minimum atomic E-state index is -0.431. The third-order valence-corrected chi connectivity index (χ3v) is 4.80. The topological polar surface area (TPSA) is 101 Å². The highest BCUT2D eigenvalue weighted by atomic mass is 32.1. The predicted molar refractivity (Wildman–Crippen MR) is 90.9 cm³/mol. The van der Waals surface area contributed by atoms with E-state index in [0.29, 0.717) is 21.5 Å². The van der Waals surface area contributed by atoms with Crippen LogP contribution in [0.2, 0.25) is 0 Å². The van der Waals surface area contributed by atoms with Crippen molar-refractivity contribution in [2.45, 2.75) is 20.4 Å². The number of benzene rings is 1. The SMILES string of the molecule is Cc1sc(NC(=O)Cn2nnc3ccccc3c2=O)c(C#N)c1C. The second-order valence-corrected chi connectivity index (χ2v) is 6.44. The van der Waals surface area contributed by atoms with Crippen LogP contribution in [0.1, 0.15) is 16.0 Å². The zero-order valence-corrected chi connectivity index (χ0v) is 13.8. The van der Waals surface area contributed by atoms with Crippen molar-refractivity contribution in [2.24, 2.45) is 0 Å². The summed E-state index contributed by atoms with van der Waals surface area (Å²) in [5.74, 6) is -0.431. The minimum absolute atomic E-state index is 0.266. The lowest BCUT2D eigenvalue weighted by Gasteiger charge is -2.05. The van der Waals surface area contributed by atoms with Gasteiger partial charge in [0.25, 0.3) is 5.56 Å². The summed E-state index contributed by atoms with van der Waals surface area (Å²) in [6.07, 6.45) is 0. The molecule has 0 aliphatic rings. The lowest BCUT2D eigenvalue weighted by Crippen LogP contribution is -2.30. The molecule has 0 aliphatic heterocycles. The second-order valence-electron chi connectivity index (χ2n) is 5.22. The molecule has 1 N–H and O–H groups in total. The fourth-order valence-corrected chi connectivity index (χ4v) is 3.31. The Balaban J connectivity index is 1.86. The number of nitrogens with one attached hydrogen (secondary N) is 1. The maximum atomic E-state index is 12.3. The molecular formula is C16H13N5O2S. The normalized spacial score (nSPS) is 10.5. The van der Waals surface area contributed by atoms with Crippen LogP contribution in [-0.2, 0) is 11.3 Å². The molecule has 24 heavy (non-hydrogen) atoms. The molecule has 0 spiro atoms. The molecule has 0 atom stereocenters. The molecule has 0 radical (unpaired) electrons. The minimum Gasteiger partial charge on any atom is -0.315 e. The van der Waals surface area contributed by atoms with Gasteiger partial charge >= 0.3 is 0 Å². The third-order valence-electron chi connectivity index (χ3n) is 3.67. The van der Waals surface area contributed by atoms with Crippen molar-refractivity contribution in [1.29, 1.82) is 5.26 Å². The summed E-state index contributed by atoms with van der Waals surface area (Å²) in [5.41, 5.74) is 1.40. The maximum absolute atomic E-state index is 12.3. The molecule has 7 nitrogen and oxygen atoms in total. The summed E-state index contributed by atoms with van der Waals surface area (Å²) < 4.78 is 1.01. The molecule has 0 aliphatic carbocycles. The first-order valence-corrected chi connectivity index (χ1v) is 7.95. The first-order chi connectivity index (χ1) is 11.5. The molecule has 2 heterocycles. The number of aryl methyl sites for hydroxylation is 1. The number of carbonyl (C=O) groups excluding carboxylic acids is 1. The van der Waals surface area contributed by atoms with Crippen molar-refractivity contribution in [3.63, 3.8) is 0 Å². The van der Waals surface area contributed by atoms with Crippen molar-refractivity contribution in [3.8, 4) is 6.07 Å². The molecule has 120 valence electrons. The molecule has 3 aromatic rings. The Morgan fingerprint density at radius 1 is 1.38 bits per heavy atom. The van der Waals surface area contributed by atoms with Crippen molar-refractivity contribution >= 4 is 33.1 Å². The summed E-state index contributed by atoms with van der Waals surface area (Å²) in [5, 5.41) is 20.5. The zero-order valence-electron chi connectivity index (χ0n) is 13.0. The van der Waals surface area contributed by atoms with Crippen LogP contribution in [0.4, 0.5) is 5.00 Å². The highest BCUT2D eigenvalue weighted by Gasteiger charge is 2.16. The first kappa shape index (κ1) is 15.8. The van der Waals surface area contributed by atoms with Crippen molar-refractivity contribution in [1.82, 2.24) is 15.0 Å². The van der Waals surface area contributed by atoms with Gasteiger partial charge in [0.05, 0.1) is 10.9 Å². The maximum Gasteiger partial charge on any atom is 0.278 e. The molecule has 0 bridgehead atoms. The van der Waals surface area contributed by atoms with Gasteiger partial charge in [-0.3, -0.25) is 9.59 Å². The van der Waals surface area contributed by atoms with Gasteiger partial charge < -0.3 is 5.32 Å². The largest absolute Gasteiger partial charge is 0.315 e. The highest BCUT2D eigenvalue weighted by Crippen LogP contribution is 2.31. The van der Waals surface area contributed by atoms with Crippen LogP contribution < -0.4 is 10.9 Å². The lowest BCUT2D eigenvalue weighted by molar-refractivity contribution is -0.117. The molecule has 8 heteroatoms. The van der Waals surface area contributed by atoms with Crippen LogP contribution in [0.25, 0.3) is 10.9 Å². The molecule has 0 saturated heterocycles. The van der Waals surface area contributed by atoms with Crippen LogP contribution in [0.3, 0.4) is 0 Å². The van der Waals surface area contributed by atoms with E-state index in [-0.39, 0.29) is 12.1 Å². The van der Waals surface area contributed by atoms with Gasteiger partial charge in [0.2, 0.25) is 5.91 Å². The van der Waals surface area contributed by atoms with Crippen LogP contribution in [0, 0.1) is 25.2 Å². The monoisotopic (exact) mass is 339 g/mol. The Morgan fingerprint density at radius 2 is 2.12 bits per heavy atom. The number of amides is 1. The van der Waals surface area contributed by atoms with Crippen molar-refractivity contribution in [2.75, 3.05) is 5.32 Å². The van der Waals surface area contributed by atoms with Gasteiger partial charge in [-0.15, -0.1) is 16.4 Å². The number of nitriles is 1. The number of nitrogens with zero attached hydrogens (tertiary/aromatic N) is 4. The average Bonchev–Trinajstić information content (AvgIpc) is 2.84. The Bertz CT molecular complexity index is 1040. The number of carbonyl (C=O) groups is 1. The van der Waals surface area contributed by atoms with E-state index in [4.69, 9.17) is 0 Å². The molecule has 1 amide bonds. The van der Waals surface area contributed by atoms with Gasteiger partial charge in [0.15, 0.2) is 0 Å². The number of anilines is 1. The summed E-state index contributed by atoms with van der Waals surface area (Å²) in [4.78, 5) is 25.5. The number of hydrogen-bond acceptors (Lipinski definition) is 6. The summed E-state index contributed by atoms with van der Waals surface area (Å²) in [7, 11) is 0. The summed E-state index contributed by atoms with van der Waals surface area (Å²) in [6.45, 7) is 3.45. The van der Waals surface area contributed by atoms with Crippen LogP contribution in [-0.4, -0.2) is 20.9 Å². The van der Waals surface area contributed by atoms with Crippen LogP contribution in [0.15, 0.2) is 29.1 Å². The van der Waals surface area contributed by atoms with Gasteiger partial charge in [-0.05, 0) is 31.5 Å². The number of thiophene rings is 1. The number of fused-ring (bicyclic) bond motifs is 1. The lowest BCUT2D eigenvalue weighted by atomic mass is 10.2. The average molecular weight is 339 g/mol. The number of rotatable bonds is 3. The van der Waals surface area contributed by atoms with E-state index in [1.54, 1.807) is 24.3 Å². The van der Waals surface area contributed by atoms with Gasteiger partial charge in [-0.2, -0.15) is 5.26 Å². The fraction of sp³-hybridized carbons (Fsp3) is 0.188. The van der Waals surface area contributed by atoms with Crippen LogP contribution >= 0.6 is 11.3 Å². The zero-order chi connectivity index (χ0) is 17.3. The van der Waals surface area contributed by atoms with Crippen LogP contribution in [0.5, 0.6) is 0 Å². The van der Waals surface area contributed by atoms with Crippen molar-refractivity contribution < 1.29 is 4.79 Å². The molecule has 2 aromatic heterocycles. The Hall–Kier alpha value is -3.05. The number of aromatic nitrogens is 3. The molecule has 3 rings (SSSR count). The Kier molecular flexibility index (Phi) is 4.10. The second kappa shape index (κ2) is 6.22. The van der Waals surface area contributed by atoms with E-state index in [1.807, 2.05) is 13.8 Å². The number of hydrogen-bond donors (Lipinski definition) is 1. The molecular weight excluding hydrogens is 326 g/mol. The summed E-state index contributed by atoms with van der Waals surface area (Å²) in [6, 6.07) is 8.90. The Labute approximate surface area is 141 Å². The molecule has 1 aromatic carbocycles. The molecule has 0 unspecified atom stereocenters. The highest BCUT2D eigenvalue weighted by molar-refractivity contribution is 7.16. The first-order valence-electron chi connectivity index (χ1n) is 7.13. The van der Waals surface area contributed by atoms with E-state index in [9.17, 15) is 14.9 Å². The molecule has 0 fully saturated rings. The fourth-order valence-electron chi connectivity index (χ4n) is 2.28. The van der Waals surface area contributed by atoms with E-state index in [0.717, 1.165) is 15.1 Å². The van der Waals surface area contributed by atoms with E-state index >= 15 is 0 Å².